The predicted molar refractivity (Wildman–Crippen MR) is 61.8 cm³/mol. The van der Waals surface area contributed by atoms with Gasteiger partial charge in [0.25, 0.3) is 5.56 Å². The molecule has 0 fully saturated rings. The zero-order valence-electron chi connectivity index (χ0n) is 8.72. The largest absolute Gasteiger partial charge is 0.394 e. The molecule has 2 unspecified atom stereocenters. The smallest absolute Gasteiger partial charge is 0.330 e. The Balaban J connectivity index is 2.84. The number of hydrogen-bond acceptors (Lipinski definition) is 4. The minimum atomic E-state index is -0.556. The number of rotatable bonds is 5. The first-order valence-electron chi connectivity index (χ1n) is 4.72. The van der Waals surface area contributed by atoms with Gasteiger partial charge in [-0.05, 0) is 6.92 Å². The summed E-state index contributed by atoms with van der Waals surface area (Å²) in [6, 6.07) is 1.24. The normalized spacial score (nSPS) is 14.7. The fraction of sp³-hybridized carbons (Fsp3) is 0.556. The SMILES string of the molecule is CC(OC(CO)CBr)n1ccc(=O)[nH]c1=O. The molecule has 16 heavy (non-hydrogen) atoms. The first-order valence-corrected chi connectivity index (χ1v) is 5.84. The number of halogens is 1. The van der Waals surface area contributed by atoms with Crippen molar-refractivity contribution in [2.75, 3.05) is 11.9 Å². The van der Waals surface area contributed by atoms with Crippen LogP contribution in [0, 0.1) is 0 Å². The van der Waals surface area contributed by atoms with E-state index in [0.717, 1.165) is 0 Å². The average Bonchev–Trinajstić information content (AvgIpc) is 2.25. The number of hydrogen-bond donors (Lipinski definition) is 2. The van der Waals surface area contributed by atoms with E-state index in [9.17, 15) is 9.59 Å². The second-order valence-electron chi connectivity index (χ2n) is 3.21. The molecule has 0 spiro atoms. The summed E-state index contributed by atoms with van der Waals surface area (Å²) in [7, 11) is 0. The quantitative estimate of drug-likeness (QED) is 0.738. The zero-order chi connectivity index (χ0) is 12.1. The van der Waals surface area contributed by atoms with Crippen molar-refractivity contribution < 1.29 is 9.84 Å². The van der Waals surface area contributed by atoms with Gasteiger partial charge in [0.1, 0.15) is 6.23 Å². The van der Waals surface area contributed by atoms with Gasteiger partial charge in [-0.3, -0.25) is 14.3 Å². The second kappa shape index (κ2) is 5.97. The third-order valence-electron chi connectivity index (χ3n) is 2.01. The second-order valence-corrected chi connectivity index (χ2v) is 3.86. The van der Waals surface area contributed by atoms with Crippen molar-refractivity contribution in [3.8, 4) is 0 Å². The van der Waals surface area contributed by atoms with Crippen LogP contribution < -0.4 is 11.2 Å². The Morgan fingerprint density at radius 1 is 1.62 bits per heavy atom. The molecule has 0 aliphatic carbocycles. The summed E-state index contributed by atoms with van der Waals surface area (Å²) >= 11 is 3.18. The Morgan fingerprint density at radius 3 is 2.81 bits per heavy atom. The third kappa shape index (κ3) is 3.29. The topological polar surface area (TPSA) is 84.3 Å². The van der Waals surface area contributed by atoms with Crippen LogP contribution in [0.2, 0.25) is 0 Å². The summed E-state index contributed by atoms with van der Waals surface area (Å²) in [4.78, 5) is 24.4. The van der Waals surface area contributed by atoms with Crippen LogP contribution in [0.25, 0.3) is 0 Å². The fourth-order valence-electron chi connectivity index (χ4n) is 1.19. The van der Waals surface area contributed by atoms with E-state index in [1.165, 1.54) is 16.8 Å². The Kier molecular flexibility index (Phi) is 4.91. The molecular weight excluding hydrogens is 280 g/mol. The van der Waals surface area contributed by atoms with Crippen molar-refractivity contribution in [1.29, 1.82) is 0 Å². The van der Waals surface area contributed by atoms with Crippen molar-refractivity contribution in [3.05, 3.63) is 33.1 Å². The van der Waals surface area contributed by atoms with Gasteiger partial charge in [-0.1, -0.05) is 15.9 Å². The molecule has 1 aromatic heterocycles. The molecule has 1 heterocycles. The van der Waals surface area contributed by atoms with Crippen LogP contribution in [0.4, 0.5) is 0 Å². The molecule has 0 aliphatic heterocycles. The molecule has 0 radical (unpaired) electrons. The standard InChI is InChI=1S/C9H13BrN2O4/c1-6(16-7(4-10)5-13)12-3-2-8(14)11-9(12)15/h2-3,6-7,13H,4-5H2,1H3,(H,11,14,15). The van der Waals surface area contributed by atoms with Crippen molar-refractivity contribution in [2.24, 2.45) is 0 Å². The summed E-state index contributed by atoms with van der Waals surface area (Å²) in [6.07, 6.45) is 0.405. The van der Waals surface area contributed by atoms with E-state index in [1.807, 2.05) is 0 Å². The van der Waals surface area contributed by atoms with Crippen molar-refractivity contribution in [3.63, 3.8) is 0 Å². The van der Waals surface area contributed by atoms with Gasteiger partial charge in [-0.15, -0.1) is 0 Å². The highest BCUT2D eigenvalue weighted by atomic mass is 79.9. The molecule has 2 atom stereocenters. The fourth-order valence-corrected chi connectivity index (χ4v) is 1.54. The number of H-pyrrole nitrogens is 1. The molecule has 6 nitrogen and oxygen atoms in total. The molecule has 0 bridgehead atoms. The van der Waals surface area contributed by atoms with Crippen LogP contribution in [0.5, 0.6) is 0 Å². The van der Waals surface area contributed by atoms with Gasteiger partial charge in [0, 0.05) is 17.6 Å². The molecular formula is C9H13BrN2O4. The van der Waals surface area contributed by atoms with Gasteiger partial charge in [-0.25, -0.2) is 4.79 Å². The molecule has 1 aromatic rings. The lowest BCUT2D eigenvalue weighted by atomic mass is 10.4. The first-order chi connectivity index (χ1) is 7.58. The van der Waals surface area contributed by atoms with Crippen molar-refractivity contribution in [2.45, 2.75) is 19.3 Å². The lowest BCUT2D eigenvalue weighted by Crippen LogP contribution is -2.34. The molecule has 2 N–H and O–H groups in total. The maximum atomic E-state index is 11.4. The Hall–Kier alpha value is -0.920. The van der Waals surface area contributed by atoms with Crippen molar-refractivity contribution >= 4 is 15.9 Å². The molecule has 1 rings (SSSR count). The van der Waals surface area contributed by atoms with Crippen LogP contribution in [-0.4, -0.2) is 32.7 Å². The summed E-state index contributed by atoms with van der Waals surface area (Å²) in [5.74, 6) is 0. The van der Waals surface area contributed by atoms with E-state index in [4.69, 9.17) is 9.84 Å². The maximum Gasteiger partial charge on any atom is 0.330 e. The van der Waals surface area contributed by atoms with Crippen LogP contribution in [0.15, 0.2) is 21.9 Å². The minimum absolute atomic E-state index is 0.145. The number of ether oxygens (including phenoxy) is 1. The number of aliphatic hydroxyl groups is 1. The average molecular weight is 293 g/mol. The Morgan fingerprint density at radius 2 is 2.31 bits per heavy atom. The molecule has 0 aromatic carbocycles. The lowest BCUT2D eigenvalue weighted by molar-refractivity contribution is -0.0551. The van der Waals surface area contributed by atoms with Crippen LogP contribution in [0.3, 0.4) is 0 Å². The van der Waals surface area contributed by atoms with Crippen LogP contribution >= 0.6 is 15.9 Å². The highest BCUT2D eigenvalue weighted by Crippen LogP contribution is 2.08. The minimum Gasteiger partial charge on any atom is -0.394 e. The molecule has 90 valence electrons. The van der Waals surface area contributed by atoms with E-state index < -0.39 is 23.6 Å². The Labute approximate surface area is 100 Å². The monoisotopic (exact) mass is 292 g/mol. The van der Waals surface area contributed by atoms with E-state index in [1.54, 1.807) is 6.92 Å². The highest BCUT2D eigenvalue weighted by Gasteiger charge is 2.13. The predicted octanol–water partition coefficient (Wildman–Crippen LogP) is -0.173. The maximum absolute atomic E-state index is 11.4. The Bertz CT molecular complexity index is 438. The van der Waals surface area contributed by atoms with Gasteiger partial charge in [0.05, 0.1) is 12.7 Å². The van der Waals surface area contributed by atoms with Gasteiger partial charge in [0.15, 0.2) is 0 Å². The zero-order valence-corrected chi connectivity index (χ0v) is 10.3. The van der Waals surface area contributed by atoms with E-state index in [0.29, 0.717) is 5.33 Å². The highest BCUT2D eigenvalue weighted by molar-refractivity contribution is 9.09. The molecule has 0 saturated heterocycles. The lowest BCUT2D eigenvalue weighted by Gasteiger charge is -2.20. The van der Waals surface area contributed by atoms with E-state index in [2.05, 4.69) is 20.9 Å². The number of aromatic amines is 1. The van der Waals surface area contributed by atoms with E-state index >= 15 is 0 Å². The molecule has 0 amide bonds. The van der Waals surface area contributed by atoms with Gasteiger partial charge < -0.3 is 9.84 Å². The van der Waals surface area contributed by atoms with Gasteiger partial charge in [-0.2, -0.15) is 0 Å². The number of nitrogens with zero attached hydrogens (tertiary/aromatic N) is 1. The van der Waals surface area contributed by atoms with E-state index in [-0.39, 0.29) is 6.61 Å². The van der Waals surface area contributed by atoms with Gasteiger partial charge >= 0.3 is 5.69 Å². The molecule has 0 saturated carbocycles. The number of nitrogens with one attached hydrogen (secondary N) is 1. The number of alkyl halides is 1. The molecule has 0 aliphatic rings. The summed E-state index contributed by atoms with van der Waals surface area (Å²) in [6.45, 7) is 1.51. The first kappa shape index (κ1) is 13.1. The number of aliphatic hydroxyl groups excluding tert-OH is 1. The van der Waals surface area contributed by atoms with Crippen molar-refractivity contribution in [1.82, 2.24) is 9.55 Å². The van der Waals surface area contributed by atoms with Gasteiger partial charge in [0.2, 0.25) is 0 Å². The van der Waals surface area contributed by atoms with Crippen LogP contribution in [0.1, 0.15) is 13.2 Å². The molecule has 7 heteroatoms. The van der Waals surface area contributed by atoms with Crippen LogP contribution in [-0.2, 0) is 4.74 Å². The summed E-state index contributed by atoms with van der Waals surface area (Å²) in [5, 5.41) is 9.40. The summed E-state index contributed by atoms with van der Waals surface area (Å²) < 4.78 is 6.64. The number of aromatic nitrogens is 2. The third-order valence-corrected chi connectivity index (χ3v) is 2.73. The summed E-state index contributed by atoms with van der Waals surface area (Å²) in [5.41, 5.74) is -0.987.